The predicted octanol–water partition coefficient (Wildman–Crippen LogP) is 1.53. The van der Waals surface area contributed by atoms with Crippen LogP contribution in [0, 0.1) is 18.8 Å². The van der Waals surface area contributed by atoms with Crippen LogP contribution < -0.4 is 10.2 Å². The van der Waals surface area contributed by atoms with Gasteiger partial charge in [0.05, 0.1) is 29.6 Å². The van der Waals surface area contributed by atoms with Crippen molar-refractivity contribution in [2.45, 2.75) is 38.5 Å². The molecule has 2 fully saturated rings. The van der Waals surface area contributed by atoms with Crippen molar-refractivity contribution < 1.29 is 9.90 Å². The molecule has 1 amide bonds. The SMILES string of the molecule is Cc1cncc(N2C[C@H]3C[C@H](O)[C@@H](NC(=O)Cn4cc5ccccc5n4)C[C@H]3C2)n1. The first kappa shape index (κ1) is 19.0. The fourth-order valence-corrected chi connectivity index (χ4v) is 4.87. The summed E-state index contributed by atoms with van der Waals surface area (Å²) in [6.07, 6.45) is 6.36. The summed E-state index contributed by atoms with van der Waals surface area (Å²) in [5.74, 6) is 1.61. The third-order valence-corrected chi connectivity index (χ3v) is 6.32. The molecular weight excluding hydrogens is 380 g/mol. The van der Waals surface area contributed by atoms with Crippen LogP contribution in [-0.2, 0) is 11.3 Å². The van der Waals surface area contributed by atoms with Gasteiger partial charge in [-0.2, -0.15) is 5.10 Å². The van der Waals surface area contributed by atoms with Gasteiger partial charge < -0.3 is 15.3 Å². The minimum Gasteiger partial charge on any atom is -0.391 e. The highest BCUT2D eigenvalue weighted by Gasteiger charge is 2.42. The number of nitrogens with zero attached hydrogens (tertiary/aromatic N) is 5. The first-order chi connectivity index (χ1) is 14.5. The van der Waals surface area contributed by atoms with Crippen molar-refractivity contribution in [1.82, 2.24) is 25.1 Å². The minimum atomic E-state index is -0.532. The highest BCUT2D eigenvalue weighted by atomic mass is 16.3. The Morgan fingerprint density at radius 2 is 2.00 bits per heavy atom. The van der Waals surface area contributed by atoms with Crippen LogP contribution in [0.25, 0.3) is 10.9 Å². The number of hydrogen-bond acceptors (Lipinski definition) is 6. The van der Waals surface area contributed by atoms with Crippen LogP contribution in [0.3, 0.4) is 0 Å². The lowest BCUT2D eigenvalue weighted by Gasteiger charge is -2.35. The summed E-state index contributed by atoms with van der Waals surface area (Å²) in [4.78, 5) is 23.7. The average Bonchev–Trinajstić information content (AvgIpc) is 3.31. The summed E-state index contributed by atoms with van der Waals surface area (Å²) in [6.45, 7) is 3.85. The van der Waals surface area contributed by atoms with E-state index in [1.807, 2.05) is 37.4 Å². The zero-order valence-corrected chi connectivity index (χ0v) is 17.0. The molecule has 1 aliphatic heterocycles. The fourth-order valence-electron chi connectivity index (χ4n) is 4.87. The maximum atomic E-state index is 12.6. The quantitative estimate of drug-likeness (QED) is 0.682. The summed E-state index contributed by atoms with van der Waals surface area (Å²) in [6, 6.07) is 7.57. The largest absolute Gasteiger partial charge is 0.391 e. The Balaban J connectivity index is 1.21. The fraction of sp³-hybridized carbons (Fsp3) is 0.455. The highest BCUT2D eigenvalue weighted by Crippen LogP contribution is 2.38. The number of aliphatic hydroxyl groups excluding tert-OH is 1. The number of anilines is 1. The number of benzene rings is 1. The van der Waals surface area contributed by atoms with Gasteiger partial charge >= 0.3 is 0 Å². The molecule has 5 rings (SSSR count). The summed E-state index contributed by atoms with van der Waals surface area (Å²) in [5, 5.41) is 19.2. The van der Waals surface area contributed by atoms with Crippen LogP contribution in [0.1, 0.15) is 18.5 Å². The van der Waals surface area contributed by atoms with Crippen LogP contribution in [-0.4, -0.2) is 56.0 Å². The standard InChI is InChI=1S/C22H26N6O2/c1-14-8-23-9-21(24-14)27-10-16-6-19(20(29)7-17(16)11-27)25-22(30)13-28-12-15-4-2-3-5-18(15)26-28/h2-5,8-9,12,16-17,19-20,29H,6-7,10-11,13H2,1H3,(H,25,30)/t16-,17+,19-,20-/m0/s1. The second kappa shape index (κ2) is 7.68. The molecule has 8 nitrogen and oxygen atoms in total. The molecule has 3 heterocycles. The molecule has 3 aromatic rings. The highest BCUT2D eigenvalue weighted by molar-refractivity contribution is 5.80. The van der Waals surface area contributed by atoms with Crippen LogP contribution in [0.4, 0.5) is 5.82 Å². The van der Waals surface area contributed by atoms with Crippen molar-refractivity contribution in [2.24, 2.45) is 11.8 Å². The van der Waals surface area contributed by atoms with E-state index in [1.165, 1.54) is 0 Å². The Labute approximate surface area is 174 Å². The van der Waals surface area contributed by atoms with E-state index in [2.05, 4.69) is 25.3 Å². The van der Waals surface area contributed by atoms with Crippen LogP contribution >= 0.6 is 0 Å². The molecule has 0 bridgehead atoms. The zero-order chi connectivity index (χ0) is 20.7. The topological polar surface area (TPSA) is 96.2 Å². The molecule has 0 unspecified atom stereocenters. The Bertz CT molecular complexity index is 1030. The van der Waals surface area contributed by atoms with Gasteiger partial charge in [0.25, 0.3) is 0 Å². The Kier molecular flexibility index (Phi) is 4.86. The van der Waals surface area contributed by atoms with Crippen LogP contribution in [0.15, 0.2) is 42.9 Å². The van der Waals surface area contributed by atoms with Gasteiger partial charge in [0, 0.05) is 30.9 Å². The molecule has 1 aliphatic carbocycles. The van der Waals surface area contributed by atoms with Crippen molar-refractivity contribution in [2.75, 3.05) is 18.0 Å². The number of carbonyl (C=O) groups excluding carboxylic acids is 1. The minimum absolute atomic E-state index is 0.121. The number of fused-ring (bicyclic) bond motifs is 2. The maximum Gasteiger partial charge on any atom is 0.242 e. The predicted molar refractivity (Wildman–Crippen MR) is 113 cm³/mol. The lowest BCUT2D eigenvalue weighted by molar-refractivity contribution is -0.124. The third-order valence-electron chi connectivity index (χ3n) is 6.32. The second-order valence-electron chi connectivity index (χ2n) is 8.54. The molecule has 0 spiro atoms. The first-order valence-corrected chi connectivity index (χ1v) is 10.5. The van der Waals surface area contributed by atoms with Crippen molar-refractivity contribution in [1.29, 1.82) is 0 Å². The van der Waals surface area contributed by atoms with E-state index in [0.29, 0.717) is 18.3 Å². The number of amides is 1. The summed E-state index contributed by atoms with van der Waals surface area (Å²) in [7, 11) is 0. The molecular formula is C22H26N6O2. The molecule has 1 saturated carbocycles. The molecule has 1 aromatic carbocycles. The Hall–Kier alpha value is -3.00. The zero-order valence-electron chi connectivity index (χ0n) is 17.0. The summed E-state index contributed by atoms with van der Waals surface area (Å²) >= 11 is 0. The van der Waals surface area contributed by atoms with E-state index in [9.17, 15) is 9.90 Å². The lowest BCUT2D eigenvalue weighted by atomic mass is 9.77. The van der Waals surface area contributed by atoms with E-state index in [0.717, 1.165) is 41.9 Å². The molecule has 2 aliphatic rings. The van der Waals surface area contributed by atoms with E-state index in [1.54, 1.807) is 17.1 Å². The van der Waals surface area contributed by atoms with Gasteiger partial charge in [-0.3, -0.25) is 14.5 Å². The normalized spacial score (nSPS) is 26.0. The van der Waals surface area contributed by atoms with Gasteiger partial charge in [-0.1, -0.05) is 18.2 Å². The molecule has 2 aromatic heterocycles. The van der Waals surface area contributed by atoms with Gasteiger partial charge in [0.1, 0.15) is 12.4 Å². The van der Waals surface area contributed by atoms with Gasteiger partial charge in [0.2, 0.25) is 5.91 Å². The third kappa shape index (κ3) is 3.75. The van der Waals surface area contributed by atoms with Crippen molar-refractivity contribution in [3.05, 3.63) is 48.5 Å². The number of carbonyl (C=O) groups is 1. The van der Waals surface area contributed by atoms with Crippen molar-refractivity contribution in [3.63, 3.8) is 0 Å². The van der Waals surface area contributed by atoms with Gasteiger partial charge in [-0.05, 0) is 37.7 Å². The Morgan fingerprint density at radius 3 is 2.80 bits per heavy atom. The van der Waals surface area contributed by atoms with E-state index in [4.69, 9.17) is 0 Å². The van der Waals surface area contributed by atoms with Crippen LogP contribution in [0.2, 0.25) is 0 Å². The smallest absolute Gasteiger partial charge is 0.242 e. The molecule has 2 N–H and O–H groups in total. The van der Waals surface area contributed by atoms with E-state index >= 15 is 0 Å². The summed E-state index contributed by atoms with van der Waals surface area (Å²) < 4.78 is 1.66. The number of aliphatic hydroxyl groups is 1. The monoisotopic (exact) mass is 406 g/mol. The number of nitrogens with one attached hydrogen (secondary N) is 1. The maximum absolute atomic E-state index is 12.6. The second-order valence-corrected chi connectivity index (χ2v) is 8.54. The molecule has 30 heavy (non-hydrogen) atoms. The molecule has 8 heteroatoms. The van der Waals surface area contributed by atoms with E-state index < -0.39 is 6.10 Å². The van der Waals surface area contributed by atoms with Gasteiger partial charge in [-0.25, -0.2) is 4.98 Å². The lowest BCUT2D eigenvalue weighted by Crippen LogP contribution is -2.50. The van der Waals surface area contributed by atoms with Gasteiger partial charge in [-0.15, -0.1) is 0 Å². The number of aromatic nitrogens is 4. The number of hydrogen-bond donors (Lipinski definition) is 2. The van der Waals surface area contributed by atoms with Crippen molar-refractivity contribution in [3.8, 4) is 0 Å². The molecule has 4 atom stereocenters. The number of aryl methyl sites for hydroxylation is 1. The Morgan fingerprint density at radius 1 is 1.20 bits per heavy atom. The summed E-state index contributed by atoms with van der Waals surface area (Å²) in [5.41, 5.74) is 1.77. The number of rotatable bonds is 4. The average molecular weight is 406 g/mol. The molecule has 1 saturated heterocycles. The van der Waals surface area contributed by atoms with E-state index in [-0.39, 0.29) is 18.5 Å². The molecule has 0 radical (unpaired) electrons. The van der Waals surface area contributed by atoms with Crippen molar-refractivity contribution >= 4 is 22.6 Å². The molecule has 156 valence electrons. The van der Waals surface area contributed by atoms with Gasteiger partial charge in [0.15, 0.2) is 0 Å². The van der Waals surface area contributed by atoms with Crippen LogP contribution in [0.5, 0.6) is 0 Å². The first-order valence-electron chi connectivity index (χ1n) is 10.5.